The molecule has 72 valence electrons. The molecule has 1 aromatic heterocycles. The van der Waals surface area contributed by atoms with Gasteiger partial charge in [-0.2, -0.15) is 0 Å². The van der Waals surface area contributed by atoms with E-state index in [0.29, 0.717) is 5.69 Å². The number of aromatic nitrogens is 1. The zero-order valence-corrected chi connectivity index (χ0v) is 7.54. The largest absolute Gasteiger partial charge is 0.480 e. The van der Waals surface area contributed by atoms with Crippen molar-refractivity contribution in [3.05, 3.63) is 24.0 Å². The summed E-state index contributed by atoms with van der Waals surface area (Å²) in [6.45, 7) is 0. The minimum Gasteiger partial charge on any atom is -0.480 e. The van der Waals surface area contributed by atoms with E-state index >= 15 is 0 Å². The van der Waals surface area contributed by atoms with Crippen molar-refractivity contribution < 1.29 is 19.4 Å². The minimum absolute atomic E-state index is 0.374. The first-order chi connectivity index (χ1) is 6.61. The molecule has 2 rings (SSSR count). The molecule has 0 amide bonds. The van der Waals surface area contributed by atoms with Gasteiger partial charge in [0.2, 0.25) is 11.7 Å². The van der Waals surface area contributed by atoms with Crippen molar-refractivity contribution >= 4 is 18.0 Å². The average molecular weight is 193 g/mol. The first-order valence-corrected chi connectivity index (χ1v) is 4.14. The molecule has 1 atom stereocenters. The van der Waals surface area contributed by atoms with Crippen LogP contribution in [-0.4, -0.2) is 39.5 Å². The molecule has 0 saturated heterocycles. The number of fused-ring (bicyclic) bond motifs is 1. The van der Waals surface area contributed by atoms with E-state index in [9.17, 15) is 9.59 Å². The molecule has 0 spiro atoms. The number of aliphatic carboxylic acids is 1. The van der Waals surface area contributed by atoms with E-state index in [2.05, 4.69) is 0 Å². The molecule has 0 saturated carbocycles. The summed E-state index contributed by atoms with van der Waals surface area (Å²) in [5.74, 6) is -2.56. The fourth-order valence-electron chi connectivity index (χ4n) is 1.53. The summed E-state index contributed by atoms with van der Waals surface area (Å²) in [6, 6.07) is 3.32. The lowest BCUT2D eigenvalue weighted by Crippen LogP contribution is -2.37. The second kappa shape index (κ2) is 2.80. The van der Waals surface area contributed by atoms with Gasteiger partial charge in [0.05, 0.1) is 6.20 Å². The first kappa shape index (κ1) is 8.68. The van der Waals surface area contributed by atoms with Crippen LogP contribution in [0.15, 0.2) is 18.3 Å². The standard InChI is InChI=1S/C9H8N2O3/c1-10-5-6(9(13)14)8(12)7-3-2-4-11(7)10/h2-6H,1H3/p+1. The third-order valence-electron chi connectivity index (χ3n) is 2.23. The van der Waals surface area contributed by atoms with Crippen LogP contribution in [0.3, 0.4) is 0 Å². The van der Waals surface area contributed by atoms with Crippen LogP contribution in [0.5, 0.6) is 0 Å². The van der Waals surface area contributed by atoms with Crippen LogP contribution in [0.25, 0.3) is 0 Å². The second-order valence-corrected chi connectivity index (χ2v) is 3.14. The number of carboxylic acid groups (broad SMARTS) is 1. The third-order valence-corrected chi connectivity index (χ3v) is 2.23. The van der Waals surface area contributed by atoms with E-state index in [-0.39, 0.29) is 5.78 Å². The molecule has 1 aliphatic heterocycles. The zero-order chi connectivity index (χ0) is 10.3. The SMILES string of the molecule is C[N+]1=CC(C(=O)O)C(=O)c2cccn21. The maximum atomic E-state index is 11.6. The molecule has 1 unspecified atom stereocenters. The summed E-state index contributed by atoms with van der Waals surface area (Å²) < 4.78 is 3.21. The van der Waals surface area contributed by atoms with Gasteiger partial charge in [0.25, 0.3) is 0 Å². The Morgan fingerprint density at radius 3 is 3.00 bits per heavy atom. The van der Waals surface area contributed by atoms with Crippen LogP contribution in [0.1, 0.15) is 10.5 Å². The molecule has 2 heterocycles. The monoisotopic (exact) mass is 193 g/mol. The number of hydrogen-bond acceptors (Lipinski definition) is 2. The Labute approximate surface area is 79.9 Å². The molecule has 5 heteroatoms. The van der Waals surface area contributed by atoms with Crippen LogP contribution in [-0.2, 0) is 4.79 Å². The van der Waals surface area contributed by atoms with Crippen LogP contribution in [0.2, 0.25) is 0 Å². The number of ketones is 1. The molecule has 1 aromatic rings. The van der Waals surface area contributed by atoms with Gasteiger partial charge in [-0.25, -0.2) is 0 Å². The number of carbonyl (C=O) groups excluding carboxylic acids is 1. The molecule has 0 aromatic carbocycles. The summed E-state index contributed by atoms with van der Waals surface area (Å²) in [6.07, 6.45) is 3.10. The summed E-state index contributed by atoms with van der Waals surface area (Å²) in [5.41, 5.74) is 0.405. The smallest absolute Gasteiger partial charge is 0.324 e. The average Bonchev–Trinajstić information content (AvgIpc) is 2.59. The van der Waals surface area contributed by atoms with E-state index in [1.165, 1.54) is 6.21 Å². The molecule has 0 aliphatic carbocycles. The highest BCUT2D eigenvalue weighted by atomic mass is 16.4. The minimum atomic E-state index is -1.12. The highest BCUT2D eigenvalue weighted by Crippen LogP contribution is 2.13. The fourth-order valence-corrected chi connectivity index (χ4v) is 1.53. The molecule has 1 aliphatic rings. The number of hydrogen-bond donors (Lipinski definition) is 1. The zero-order valence-electron chi connectivity index (χ0n) is 7.54. The molecule has 14 heavy (non-hydrogen) atoms. The van der Waals surface area contributed by atoms with Crippen molar-refractivity contribution in [2.24, 2.45) is 5.92 Å². The van der Waals surface area contributed by atoms with E-state index in [1.807, 2.05) is 0 Å². The van der Waals surface area contributed by atoms with Gasteiger partial charge in [0.15, 0.2) is 13.3 Å². The number of rotatable bonds is 1. The van der Waals surface area contributed by atoms with Gasteiger partial charge in [-0.05, 0) is 12.1 Å². The predicted molar refractivity (Wildman–Crippen MR) is 47.5 cm³/mol. The van der Waals surface area contributed by atoms with E-state index in [4.69, 9.17) is 5.11 Å². The Balaban J connectivity index is 2.55. The quantitative estimate of drug-likeness (QED) is 0.499. The number of carbonyl (C=O) groups is 2. The van der Waals surface area contributed by atoms with Gasteiger partial charge in [-0.3, -0.25) is 9.59 Å². The lowest BCUT2D eigenvalue weighted by molar-refractivity contribution is -0.556. The summed E-state index contributed by atoms with van der Waals surface area (Å²) >= 11 is 0. The van der Waals surface area contributed by atoms with Gasteiger partial charge >= 0.3 is 5.97 Å². The van der Waals surface area contributed by atoms with E-state index in [0.717, 1.165) is 0 Å². The Bertz CT molecular complexity index is 445. The van der Waals surface area contributed by atoms with Crippen LogP contribution < -0.4 is 0 Å². The normalized spacial score (nSPS) is 20.2. The molecule has 0 fully saturated rings. The van der Waals surface area contributed by atoms with Crippen molar-refractivity contribution in [1.29, 1.82) is 0 Å². The van der Waals surface area contributed by atoms with Gasteiger partial charge in [-0.1, -0.05) is 0 Å². The topological polar surface area (TPSA) is 62.3 Å². The van der Waals surface area contributed by atoms with Crippen LogP contribution in [0.4, 0.5) is 0 Å². The Morgan fingerprint density at radius 1 is 1.64 bits per heavy atom. The van der Waals surface area contributed by atoms with Crippen LogP contribution in [0, 0.1) is 5.92 Å². The second-order valence-electron chi connectivity index (χ2n) is 3.14. The van der Waals surface area contributed by atoms with Crippen LogP contribution >= 0.6 is 0 Å². The Hall–Kier alpha value is -1.91. The molecule has 1 N–H and O–H groups in total. The molecular formula is C9H9N2O3+. The molecule has 0 radical (unpaired) electrons. The summed E-state index contributed by atoms with van der Waals surface area (Å²) in [5, 5.41) is 8.80. The predicted octanol–water partition coefficient (Wildman–Crippen LogP) is -0.139. The number of Topliss-reactive ketones (excluding diaryl/α,β-unsaturated/α-hetero) is 1. The summed E-state index contributed by atoms with van der Waals surface area (Å²) in [4.78, 5) is 22.4. The lowest BCUT2D eigenvalue weighted by atomic mass is 10.0. The van der Waals surface area contributed by atoms with Crippen molar-refractivity contribution in [3.8, 4) is 0 Å². The van der Waals surface area contributed by atoms with E-state index in [1.54, 1.807) is 34.7 Å². The number of nitrogens with zero attached hydrogens (tertiary/aromatic N) is 2. The van der Waals surface area contributed by atoms with Gasteiger partial charge < -0.3 is 5.11 Å². The highest BCUT2D eigenvalue weighted by molar-refractivity contribution is 6.17. The van der Waals surface area contributed by atoms with Crippen molar-refractivity contribution in [2.75, 3.05) is 7.05 Å². The Morgan fingerprint density at radius 2 is 2.36 bits per heavy atom. The van der Waals surface area contributed by atoms with Gasteiger partial charge in [0.1, 0.15) is 5.69 Å². The lowest BCUT2D eigenvalue weighted by Gasteiger charge is -2.11. The summed E-state index contributed by atoms with van der Waals surface area (Å²) in [7, 11) is 1.70. The Kier molecular flexibility index (Phi) is 1.73. The van der Waals surface area contributed by atoms with E-state index < -0.39 is 11.9 Å². The fraction of sp³-hybridized carbons (Fsp3) is 0.222. The van der Waals surface area contributed by atoms with Crippen molar-refractivity contribution in [1.82, 2.24) is 4.68 Å². The molecule has 0 bridgehead atoms. The van der Waals surface area contributed by atoms with Gasteiger partial charge in [0, 0.05) is 0 Å². The molecule has 5 nitrogen and oxygen atoms in total. The first-order valence-electron chi connectivity index (χ1n) is 4.14. The maximum Gasteiger partial charge on any atom is 0.324 e. The maximum absolute atomic E-state index is 11.6. The highest BCUT2D eigenvalue weighted by Gasteiger charge is 2.36. The van der Waals surface area contributed by atoms with Gasteiger partial charge in [-0.15, -0.1) is 9.36 Å². The molecular weight excluding hydrogens is 184 g/mol. The third kappa shape index (κ3) is 1.06. The number of carboxylic acids is 1. The van der Waals surface area contributed by atoms with Crippen molar-refractivity contribution in [3.63, 3.8) is 0 Å². The van der Waals surface area contributed by atoms with Crippen molar-refractivity contribution in [2.45, 2.75) is 0 Å².